The molecule has 2 aromatic carbocycles. The molecule has 1 aromatic heterocycles. The quantitative estimate of drug-likeness (QED) is 0.661. The molecule has 0 atom stereocenters. The molecule has 0 radical (unpaired) electrons. The summed E-state index contributed by atoms with van der Waals surface area (Å²) < 4.78 is 26.5. The van der Waals surface area contributed by atoms with Gasteiger partial charge >= 0.3 is 0 Å². The van der Waals surface area contributed by atoms with Crippen LogP contribution in [-0.4, -0.2) is 53.6 Å². The van der Waals surface area contributed by atoms with E-state index < -0.39 is 10.0 Å². The van der Waals surface area contributed by atoms with Crippen molar-refractivity contribution in [3.63, 3.8) is 0 Å². The van der Waals surface area contributed by atoms with Gasteiger partial charge in [0.1, 0.15) is 5.82 Å². The van der Waals surface area contributed by atoms with Crippen molar-refractivity contribution >= 4 is 27.0 Å². The number of aromatic amines is 1. The number of hydrogen-bond acceptors (Lipinski definition) is 4. The van der Waals surface area contributed by atoms with Crippen LogP contribution >= 0.6 is 0 Å². The molecule has 8 heteroatoms. The third-order valence-electron chi connectivity index (χ3n) is 4.62. The third kappa shape index (κ3) is 3.93. The molecule has 0 aliphatic rings. The lowest BCUT2D eigenvalue weighted by molar-refractivity contribution is 0.0782. The number of rotatable bonds is 7. The average Bonchev–Trinajstić information content (AvgIpc) is 3.10. The second-order valence-corrected chi connectivity index (χ2v) is 8.41. The zero-order valence-electron chi connectivity index (χ0n) is 16.2. The van der Waals surface area contributed by atoms with Crippen molar-refractivity contribution in [2.75, 3.05) is 20.1 Å². The number of sulfonamides is 1. The third-order valence-corrected chi connectivity index (χ3v) is 6.68. The molecule has 0 spiro atoms. The molecule has 0 aliphatic carbocycles. The van der Waals surface area contributed by atoms with Gasteiger partial charge in [0.15, 0.2) is 0 Å². The van der Waals surface area contributed by atoms with Crippen LogP contribution in [0.15, 0.2) is 53.4 Å². The summed E-state index contributed by atoms with van der Waals surface area (Å²) in [6.07, 6.45) is 0. The molecule has 0 fully saturated rings. The van der Waals surface area contributed by atoms with E-state index in [1.165, 1.54) is 16.4 Å². The van der Waals surface area contributed by atoms with Crippen molar-refractivity contribution in [1.82, 2.24) is 19.2 Å². The lowest BCUT2D eigenvalue weighted by Crippen LogP contribution is -2.30. The second kappa shape index (κ2) is 8.12. The zero-order valence-corrected chi connectivity index (χ0v) is 17.0. The van der Waals surface area contributed by atoms with E-state index in [0.717, 1.165) is 11.0 Å². The fourth-order valence-corrected chi connectivity index (χ4v) is 4.54. The highest BCUT2D eigenvalue weighted by molar-refractivity contribution is 7.89. The standard InChI is InChI=1S/C20H24N4O3S/c1-4-24(5-2)28(26,27)16-12-10-15(11-13-16)20(25)23(3)14-19-21-17-8-6-7-9-18(17)22-19/h6-13H,4-5,14H2,1-3H3,(H,21,22). The molecule has 0 unspecified atom stereocenters. The number of H-pyrrole nitrogens is 1. The lowest BCUT2D eigenvalue weighted by Gasteiger charge is -2.19. The highest BCUT2D eigenvalue weighted by Crippen LogP contribution is 2.18. The summed E-state index contributed by atoms with van der Waals surface area (Å²) in [5.74, 6) is 0.491. The van der Waals surface area contributed by atoms with E-state index in [9.17, 15) is 13.2 Å². The summed E-state index contributed by atoms with van der Waals surface area (Å²) in [6, 6.07) is 13.7. The van der Waals surface area contributed by atoms with Crippen LogP contribution in [0.4, 0.5) is 0 Å². The maximum atomic E-state index is 12.7. The van der Waals surface area contributed by atoms with Gasteiger partial charge in [-0.15, -0.1) is 0 Å². The Kier molecular flexibility index (Phi) is 5.81. The lowest BCUT2D eigenvalue weighted by atomic mass is 10.2. The maximum absolute atomic E-state index is 12.7. The van der Waals surface area contributed by atoms with Crippen LogP contribution < -0.4 is 0 Å². The summed E-state index contributed by atoms with van der Waals surface area (Å²) in [5, 5.41) is 0. The van der Waals surface area contributed by atoms with Crippen molar-refractivity contribution < 1.29 is 13.2 Å². The van der Waals surface area contributed by atoms with Gasteiger partial charge in [0.25, 0.3) is 5.91 Å². The molecule has 3 aromatic rings. The molecule has 0 saturated carbocycles. The summed E-state index contributed by atoms with van der Waals surface area (Å²) in [6.45, 7) is 4.73. The highest BCUT2D eigenvalue weighted by atomic mass is 32.2. The number of para-hydroxylation sites is 2. The molecule has 148 valence electrons. The Morgan fingerprint density at radius 3 is 2.29 bits per heavy atom. The maximum Gasteiger partial charge on any atom is 0.254 e. The summed E-state index contributed by atoms with van der Waals surface area (Å²) in [7, 11) is -1.84. The Bertz CT molecular complexity index is 1040. The first-order chi connectivity index (χ1) is 13.4. The minimum absolute atomic E-state index is 0.188. The topological polar surface area (TPSA) is 86.4 Å². The molecule has 28 heavy (non-hydrogen) atoms. The van der Waals surface area contributed by atoms with Crippen LogP contribution in [-0.2, 0) is 16.6 Å². The van der Waals surface area contributed by atoms with Gasteiger partial charge < -0.3 is 9.88 Å². The van der Waals surface area contributed by atoms with Gasteiger partial charge in [0, 0.05) is 25.7 Å². The predicted octanol–water partition coefficient (Wildman–Crippen LogP) is 2.87. The van der Waals surface area contributed by atoms with Gasteiger partial charge in [0.2, 0.25) is 10.0 Å². The molecule has 0 bridgehead atoms. The number of imidazole rings is 1. The van der Waals surface area contributed by atoms with E-state index in [2.05, 4.69) is 9.97 Å². The minimum Gasteiger partial charge on any atom is -0.340 e. The molecule has 3 rings (SSSR count). The molecule has 1 amide bonds. The molecule has 0 aliphatic heterocycles. The molecular weight excluding hydrogens is 376 g/mol. The summed E-state index contributed by atoms with van der Waals surface area (Å²) in [5.41, 5.74) is 2.20. The Morgan fingerprint density at radius 2 is 1.68 bits per heavy atom. The van der Waals surface area contributed by atoms with E-state index in [0.29, 0.717) is 31.0 Å². The van der Waals surface area contributed by atoms with Crippen LogP contribution in [0, 0.1) is 0 Å². The highest BCUT2D eigenvalue weighted by Gasteiger charge is 2.22. The van der Waals surface area contributed by atoms with Crippen LogP contribution in [0.5, 0.6) is 0 Å². The number of carbonyl (C=O) groups excluding carboxylic acids is 1. The van der Waals surface area contributed by atoms with E-state index in [-0.39, 0.29) is 10.8 Å². The Morgan fingerprint density at radius 1 is 1.04 bits per heavy atom. The fourth-order valence-electron chi connectivity index (χ4n) is 3.08. The smallest absolute Gasteiger partial charge is 0.254 e. The first-order valence-corrected chi connectivity index (χ1v) is 10.6. The van der Waals surface area contributed by atoms with Gasteiger partial charge in [-0.3, -0.25) is 4.79 Å². The zero-order chi connectivity index (χ0) is 20.3. The number of carbonyl (C=O) groups is 1. The predicted molar refractivity (Wildman–Crippen MR) is 108 cm³/mol. The van der Waals surface area contributed by atoms with Crippen molar-refractivity contribution in [1.29, 1.82) is 0 Å². The van der Waals surface area contributed by atoms with E-state index in [1.807, 2.05) is 24.3 Å². The van der Waals surface area contributed by atoms with Crippen molar-refractivity contribution in [2.24, 2.45) is 0 Å². The van der Waals surface area contributed by atoms with Gasteiger partial charge in [-0.2, -0.15) is 4.31 Å². The van der Waals surface area contributed by atoms with Crippen LogP contribution in [0.3, 0.4) is 0 Å². The minimum atomic E-state index is -3.53. The normalized spacial score (nSPS) is 11.9. The number of aromatic nitrogens is 2. The summed E-state index contributed by atoms with van der Waals surface area (Å²) >= 11 is 0. The number of benzene rings is 2. The summed E-state index contributed by atoms with van der Waals surface area (Å²) in [4.78, 5) is 22.1. The molecular formula is C20H24N4O3S. The number of nitrogens with zero attached hydrogens (tertiary/aromatic N) is 3. The monoisotopic (exact) mass is 400 g/mol. The first-order valence-electron chi connectivity index (χ1n) is 9.16. The van der Waals surface area contributed by atoms with Crippen molar-refractivity contribution in [3.8, 4) is 0 Å². The van der Waals surface area contributed by atoms with Gasteiger partial charge in [-0.25, -0.2) is 13.4 Å². The molecule has 1 heterocycles. The number of nitrogens with one attached hydrogen (secondary N) is 1. The SMILES string of the molecule is CCN(CC)S(=O)(=O)c1ccc(C(=O)N(C)Cc2nc3ccccc3[nH]2)cc1. The van der Waals surface area contributed by atoms with Gasteiger partial charge in [-0.05, 0) is 36.4 Å². The van der Waals surface area contributed by atoms with Crippen molar-refractivity contribution in [3.05, 3.63) is 59.9 Å². The molecule has 1 N–H and O–H groups in total. The van der Waals surface area contributed by atoms with E-state index >= 15 is 0 Å². The second-order valence-electron chi connectivity index (χ2n) is 6.48. The van der Waals surface area contributed by atoms with E-state index in [1.54, 1.807) is 37.9 Å². The Labute approximate surface area is 165 Å². The Hall–Kier alpha value is -2.71. The number of fused-ring (bicyclic) bond motifs is 1. The van der Waals surface area contributed by atoms with Crippen molar-refractivity contribution in [2.45, 2.75) is 25.3 Å². The molecule has 7 nitrogen and oxygen atoms in total. The Balaban J connectivity index is 1.75. The van der Waals surface area contributed by atoms with Gasteiger partial charge in [-0.1, -0.05) is 26.0 Å². The fraction of sp³-hybridized carbons (Fsp3) is 0.300. The molecule has 0 saturated heterocycles. The number of amides is 1. The van der Waals surface area contributed by atoms with Crippen LogP contribution in [0.25, 0.3) is 11.0 Å². The number of hydrogen-bond donors (Lipinski definition) is 1. The van der Waals surface area contributed by atoms with E-state index in [4.69, 9.17) is 0 Å². The largest absolute Gasteiger partial charge is 0.340 e. The van der Waals surface area contributed by atoms with Crippen LogP contribution in [0.1, 0.15) is 30.0 Å². The first kappa shape index (κ1) is 20.0. The van der Waals surface area contributed by atoms with Gasteiger partial charge in [0.05, 0.1) is 22.5 Å². The average molecular weight is 401 g/mol. The van der Waals surface area contributed by atoms with Crippen LogP contribution in [0.2, 0.25) is 0 Å².